The van der Waals surface area contributed by atoms with Crippen LogP contribution >= 0.6 is 0 Å². The summed E-state index contributed by atoms with van der Waals surface area (Å²) in [4.78, 5) is 30.8. The van der Waals surface area contributed by atoms with Gasteiger partial charge in [0.05, 0.1) is 12.1 Å². The van der Waals surface area contributed by atoms with Gasteiger partial charge in [0.1, 0.15) is 5.69 Å². The van der Waals surface area contributed by atoms with Gasteiger partial charge in [-0.05, 0) is 62.5 Å². The molecule has 0 radical (unpaired) electrons. The lowest BCUT2D eigenvalue weighted by Crippen LogP contribution is -2.50. The Hall–Kier alpha value is -2.08. The Morgan fingerprint density at radius 3 is 2.62 bits per heavy atom. The Morgan fingerprint density at radius 1 is 1.21 bits per heavy atom. The molecule has 158 valence electrons. The number of aromatic amines is 1. The number of nitrogens with one attached hydrogen (secondary N) is 2. The lowest BCUT2D eigenvalue weighted by molar-refractivity contribution is -0.138. The van der Waals surface area contributed by atoms with Crippen molar-refractivity contribution in [2.24, 2.45) is 17.8 Å². The van der Waals surface area contributed by atoms with Crippen molar-refractivity contribution in [3.8, 4) is 0 Å². The van der Waals surface area contributed by atoms with Crippen molar-refractivity contribution in [3.05, 3.63) is 36.2 Å². The summed E-state index contributed by atoms with van der Waals surface area (Å²) in [6, 6.07) is 3.54. The first kappa shape index (κ1) is 20.2. The number of allylic oxidation sites excluding steroid dienone is 2. The van der Waals surface area contributed by atoms with Gasteiger partial charge < -0.3 is 19.9 Å². The van der Waals surface area contributed by atoms with E-state index in [1.807, 2.05) is 6.07 Å². The van der Waals surface area contributed by atoms with Gasteiger partial charge in [-0.3, -0.25) is 9.59 Å². The molecule has 1 aromatic rings. The molecule has 2 fully saturated rings. The molecule has 2 N–H and O–H groups in total. The first-order valence-electron chi connectivity index (χ1n) is 11.1. The molecule has 29 heavy (non-hydrogen) atoms. The maximum absolute atomic E-state index is 13.2. The van der Waals surface area contributed by atoms with Crippen LogP contribution in [0, 0.1) is 17.8 Å². The van der Waals surface area contributed by atoms with E-state index in [-0.39, 0.29) is 24.0 Å². The molecule has 0 unspecified atom stereocenters. The smallest absolute Gasteiger partial charge is 0.267 e. The lowest BCUT2D eigenvalue weighted by Gasteiger charge is -2.37. The molecular weight excluding hydrogens is 366 g/mol. The van der Waals surface area contributed by atoms with Gasteiger partial charge in [0, 0.05) is 31.8 Å². The van der Waals surface area contributed by atoms with Gasteiger partial charge in [0.15, 0.2) is 0 Å². The van der Waals surface area contributed by atoms with Crippen LogP contribution in [0.25, 0.3) is 0 Å². The monoisotopic (exact) mass is 399 g/mol. The van der Waals surface area contributed by atoms with E-state index in [2.05, 4.69) is 34.3 Å². The molecule has 1 aromatic heterocycles. The molecule has 1 aliphatic heterocycles. The summed E-state index contributed by atoms with van der Waals surface area (Å²) in [5, 5.41) is 3.12. The van der Waals surface area contributed by atoms with Gasteiger partial charge in [-0.1, -0.05) is 19.1 Å². The van der Waals surface area contributed by atoms with Crippen molar-refractivity contribution in [2.75, 3.05) is 19.7 Å². The Morgan fingerprint density at radius 2 is 1.97 bits per heavy atom. The van der Waals surface area contributed by atoms with Crippen molar-refractivity contribution in [1.82, 2.24) is 15.2 Å². The van der Waals surface area contributed by atoms with E-state index in [0.717, 1.165) is 45.2 Å². The van der Waals surface area contributed by atoms with Crippen LogP contribution in [0.15, 0.2) is 30.5 Å². The fourth-order valence-corrected chi connectivity index (χ4v) is 5.14. The number of rotatable bonds is 6. The number of hydrogen-bond donors (Lipinski definition) is 2. The van der Waals surface area contributed by atoms with Crippen LogP contribution in [0.3, 0.4) is 0 Å². The van der Waals surface area contributed by atoms with Crippen LogP contribution in [-0.2, 0) is 9.53 Å². The largest absolute Gasteiger partial charge is 0.376 e. The van der Waals surface area contributed by atoms with Crippen molar-refractivity contribution < 1.29 is 14.3 Å². The van der Waals surface area contributed by atoms with E-state index < -0.39 is 0 Å². The van der Waals surface area contributed by atoms with Gasteiger partial charge in [0.25, 0.3) is 5.91 Å². The molecule has 1 saturated heterocycles. The predicted molar refractivity (Wildman–Crippen MR) is 111 cm³/mol. The molecule has 5 atom stereocenters. The molecule has 1 saturated carbocycles. The average molecular weight is 400 g/mol. The van der Waals surface area contributed by atoms with E-state index >= 15 is 0 Å². The summed E-state index contributed by atoms with van der Waals surface area (Å²) in [5.74, 6) is 1.45. The van der Waals surface area contributed by atoms with Crippen molar-refractivity contribution in [3.63, 3.8) is 0 Å². The second-order valence-corrected chi connectivity index (χ2v) is 8.79. The normalized spacial score (nSPS) is 31.5. The number of aromatic nitrogens is 1. The quantitative estimate of drug-likeness (QED) is 0.722. The fraction of sp³-hybridized carbons (Fsp3) is 0.652. The summed E-state index contributed by atoms with van der Waals surface area (Å²) in [6.07, 6.45) is 11.6. The maximum Gasteiger partial charge on any atom is 0.267 e. The van der Waals surface area contributed by atoms with Gasteiger partial charge >= 0.3 is 0 Å². The second kappa shape index (κ2) is 9.16. The Labute approximate surface area is 173 Å². The molecule has 0 bridgehead atoms. The number of carbonyl (C=O) groups excluding carboxylic acids is 2. The summed E-state index contributed by atoms with van der Waals surface area (Å²) in [7, 11) is 0. The summed E-state index contributed by atoms with van der Waals surface area (Å²) in [6.45, 7) is 4.54. The maximum atomic E-state index is 13.2. The number of nitrogens with zero attached hydrogens (tertiary/aromatic N) is 1. The number of H-pyrrole nitrogens is 1. The van der Waals surface area contributed by atoms with Gasteiger partial charge in [0.2, 0.25) is 5.91 Å². The number of amides is 2. The molecule has 2 aliphatic carbocycles. The minimum Gasteiger partial charge on any atom is -0.376 e. The third kappa shape index (κ3) is 4.58. The average Bonchev–Trinajstić information content (AvgIpc) is 3.42. The number of ether oxygens (including phenoxy) is 1. The number of hydrogen-bond acceptors (Lipinski definition) is 3. The van der Waals surface area contributed by atoms with Gasteiger partial charge in [-0.25, -0.2) is 0 Å². The number of carbonyl (C=O) groups is 2. The number of likely N-dealkylation sites (tertiary alicyclic amines) is 1. The van der Waals surface area contributed by atoms with Crippen LogP contribution < -0.4 is 5.32 Å². The van der Waals surface area contributed by atoms with Crippen LogP contribution in [-0.4, -0.2) is 53.5 Å². The highest BCUT2D eigenvalue weighted by molar-refractivity contribution is 5.92. The molecule has 2 heterocycles. The minimum atomic E-state index is -0.108. The zero-order chi connectivity index (χ0) is 20.2. The molecule has 6 heteroatoms. The molecule has 0 spiro atoms. The molecule has 2 amide bonds. The predicted octanol–water partition coefficient (Wildman–Crippen LogP) is 3.13. The van der Waals surface area contributed by atoms with Crippen LogP contribution in [0.5, 0.6) is 0 Å². The van der Waals surface area contributed by atoms with Gasteiger partial charge in [-0.15, -0.1) is 0 Å². The Kier molecular flexibility index (Phi) is 6.38. The van der Waals surface area contributed by atoms with E-state index in [9.17, 15) is 9.59 Å². The highest BCUT2D eigenvalue weighted by atomic mass is 16.5. The fourth-order valence-electron chi connectivity index (χ4n) is 5.14. The Bertz CT molecular complexity index is 714. The molecule has 0 aromatic carbocycles. The van der Waals surface area contributed by atoms with Crippen molar-refractivity contribution in [1.29, 1.82) is 0 Å². The second-order valence-electron chi connectivity index (χ2n) is 8.79. The minimum absolute atomic E-state index is 0.00334. The van der Waals surface area contributed by atoms with Gasteiger partial charge in [-0.2, -0.15) is 0 Å². The third-order valence-corrected chi connectivity index (χ3v) is 6.77. The zero-order valence-corrected chi connectivity index (χ0v) is 17.3. The van der Waals surface area contributed by atoms with Crippen LogP contribution in [0.4, 0.5) is 0 Å². The topological polar surface area (TPSA) is 74.4 Å². The zero-order valence-electron chi connectivity index (χ0n) is 17.3. The van der Waals surface area contributed by atoms with Crippen molar-refractivity contribution >= 4 is 11.8 Å². The standard InChI is InChI=1S/C23H33N3O3/c1-2-12-29-21-13-16(9-10-19(21)25-22(27)20-8-5-11-24-20)23(28)26-14-17-6-3-4-7-18(17)15-26/h3-5,8,11,16-19,21,24H,2,6-7,9-10,12-15H2,1H3,(H,25,27)/t16-,17-,18+,19-,21-/m0/s1. The third-order valence-electron chi connectivity index (χ3n) is 6.77. The summed E-state index contributed by atoms with van der Waals surface area (Å²) >= 11 is 0. The molecule has 3 aliphatic rings. The summed E-state index contributed by atoms with van der Waals surface area (Å²) in [5.41, 5.74) is 0.561. The molecular formula is C23H33N3O3. The van der Waals surface area contributed by atoms with E-state index in [4.69, 9.17) is 4.74 Å². The van der Waals surface area contributed by atoms with Crippen LogP contribution in [0.2, 0.25) is 0 Å². The molecule has 6 nitrogen and oxygen atoms in total. The van der Waals surface area contributed by atoms with E-state index in [1.54, 1.807) is 12.3 Å². The summed E-state index contributed by atoms with van der Waals surface area (Å²) < 4.78 is 6.09. The Balaban J connectivity index is 1.37. The highest BCUT2D eigenvalue weighted by Gasteiger charge is 2.41. The van der Waals surface area contributed by atoms with Crippen LogP contribution in [0.1, 0.15) is 55.9 Å². The molecule has 4 rings (SSSR count). The van der Waals surface area contributed by atoms with E-state index in [1.165, 1.54) is 0 Å². The SMILES string of the molecule is CCCO[C@H]1C[C@@H](C(=O)N2C[C@H]3CC=CC[C@H]3C2)CC[C@@H]1NC(=O)c1ccc[nH]1. The first-order valence-corrected chi connectivity index (χ1v) is 11.1. The first-order chi connectivity index (χ1) is 14.2. The highest BCUT2D eigenvalue weighted by Crippen LogP contribution is 2.36. The lowest BCUT2D eigenvalue weighted by atomic mass is 9.82. The number of fused-ring (bicyclic) bond motifs is 1. The van der Waals surface area contributed by atoms with E-state index in [0.29, 0.717) is 36.5 Å². The van der Waals surface area contributed by atoms with Crippen molar-refractivity contribution in [2.45, 2.75) is 57.6 Å².